The van der Waals surface area contributed by atoms with Crippen LogP contribution in [0.5, 0.6) is 0 Å². The van der Waals surface area contributed by atoms with E-state index in [1.165, 1.54) is 5.56 Å². The van der Waals surface area contributed by atoms with E-state index in [1.54, 1.807) is 0 Å². The van der Waals surface area contributed by atoms with Crippen molar-refractivity contribution in [3.05, 3.63) is 35.9 Å². The molecule has 0 saturated heterocycles. The summed E-state index contributed by atoms with van der Waals surface area (Å²) in [7, 11) is 4.26. The number of hydrogen-bond donors (Lipinski definition) is 0. The van der Waals surface area contributed by atoms with Crippen molar-refractivity contribution in [1.82, 2.24) is 4.90 Å². The third kappa shape index (κ3) is 2.56. The second-order valence-electron chi connectivity index (χ2n) is 3.90. The molecule has 1 aromatic rings. The smallest absolute Gasteiger partial charge is 0.0127 e. The number of hydrogen-bond acceptors (Lipinski definition) is 1. The Morgan fingerprint density at radius 3 is 2.00 bits per heavy atom. The van der Waals surface area contributed by atoms with Crippen molar-refractivity contribution < 1.29 is 0 Å². The molecule has 1 heteroatoms. The molecule has 13 heavy (non-hydrogen) atoms. The first-order valence-corrected chi connectivity index (χ1v) is 4.84. The largest absolute Gasteiger partial charge is 0.306 e. The lowest BCUT2D eigenvalue weighted by Gasteiger charge is -2.26. The molecule has 0 N–H and O–H groups in total. The highest BCUT2D eigenvalue weighted by molar-refractivity contribution is 5.20. The fourth-order valence-corrected chi connectivity index (χ4v) is 1.48. The van der Waals surface area contributed by atoms with Gasteiger partial charge in [-0.15, -0.1) is 0 Å². The van der Waals surface area contributed by atoms with Gasteiger partial charge in [-0.3, -0.25) is 0 Å². The van der Waals surface area contributed by atoms with Crippen molar-refractivity contribution in [3.8, 4) is 0 Å². The van der Waals surface area contributed by atoms with Gasteiger partial charge in [0.15, 0.2) is 0 Å². The molecule has 0 aromatic heterocycles. The summed E-state index contributed by atoms with van der Waals surface area (Å²) < 4.78 is 0. The van der Waals surface area contributed by atoms with Gasteiger partial charge in [0.1, 0.15) is 0 Å². The SMILES string of the molecule is C[C@H](c1ccccc1)[C@H](C)N(C)C. The fourth-order valence-electron chi connectivity index (χ4n) is 1.48. The Bertz CT molecular complexity index is 241. The van der Waals surface area contributed by atoms with Gasteiger partial charge in [-0.2, -0.15) is 0 Å². The first-order chi connectivity index (χ1) is 6.13. The maximum absolute atomic E-state index is 2.28. The lowest BCUT2D eigenvalue weighted by molar-refractivity contribution is 0.280. The van der Waals surface area contributed by atoms with Crippen LogP contribution in [-0.2, 0) is 0 Å². The van der Waals surface area contributed by atoms with E-state index in [0.29, 0.717) is 12.0 Å². The quantitative estimate of drug-likeness (QED) is 0.686. The van der Waals surface area contributed by atoms with Crippen LogP contribution in [0.25, 0.3) is 0 Å². The van der Waals surface area contributed by atoms with Crippen LogP contribution in [0.15, 0.2) is 30.3 Å². The van der Waals surface area contributed by atoms with E-state index in [4.69, 9.17) is 0 Å². The molecule has 0 saturated carbocycles. The molecule has 0 aliphatic carbocycles. The van der Waals surface area contributed by atoms with Crippen LogP contribution in [-0.4, -0.2) is 25.0 Å². The Morgan fingerprint density at radius 1 is 1.00 bits per heavy atom. The topological polar surface area (TPSA) is 3.24 Å². The molecule has 2 atom stereocenters. The van der Waals surface area contributed by atoms with Gasteiger partial charge < -0.3 is 4.90 Å². The number of benzene rings is 1. The average molecular weight is 177 g/mol. The average Bonchev–Trinajstić information content (AvgIpc) is 2.17. The van der Waals surface area contributed by atoms with Crippen molar-refractivity contribution in [1.29, 1.82) is 0 Å². The first kappa shape index (κ1) is 10.3. The van der Waals surface area contributed by atoms with Gasteiger partial charge in [0.25, 0.3) is 0 Å². The van der Waals surface area contributed by atoms with Crippen LogP contribution in [0.1, 0.15) is 25.3 Å². The molecular weight excluding hydrogens is 158 g/mol. The van der Waals surface area contributed by atoms with Gasteiger partial charge in [0.05, 0.1) is 0 Å². The highest BCUT2D eigenvalue weighted by atomic mass is 15.1. The van der Waals surface area contributed by atoms with Gasteiger partial charge in [0, 0.05) is 6.04 Å². The normalized spacial score (nSPS) is 15.8. The molecular formula is C12H19N. The molecule has 0 heterocycles. The van der Waals surface area contributed by atoms with Gasteiger partial charge in [-0.25, -0.2) is 0 Å². The summed E-state index contributed by atoms with van der Waals surface area (Å²) in [5.74, 6) is 0.594. The van der Waals surface area contributed by atoms with E-state index in [9.17, 15) is 0 Å². The zero-order valence-corrected chi connectivity index (χ0v) is 8.99. The van der Waals surface area contributed by atoms with Crippen molar-refractivity contribution in [2.24, 2.45) is 0 Å². The minimum absolute atomic E-state index is 0.586. The summed E-state index contributed by atoms with van der Waals surface area (Å²) in [4.78, 5) is 2.26. The molecule has 0 aliphatic rings. The summed E-state index contributed by atoms with van der Waals surface area (Å²) in [6.07, 6.45) is 0. The van der Waals surface area contributed by atoms with Crippen LogP contribution in [0.2, 0.25) is 0 Å². The van der Waals surface area contributed by atoms with E-state index in [-0.39, 0.29) is 0 Å². The summed E-state index contributed by atoms with van der Waals surface area (Å²) >= 11 is 0. The van der Waals surface area contributed by atoms with Crippen LogP contribution < -0.4 is 0 Å². The highest BCUT2D eigenvalue weighted by Crippen LogP contribution is 2.20. The molecule has 0 bridgehead atoms. The van der Waals surface area contributed by atoms with Crippen molar-refractivity contribution in [2.45, 2.75) is 25.8 Å². The third-order valence-electron chi connectivity index (χ3n) is 2.86. The Kier molecular flexibility index (Phi) is 3.49. The van der Waals surface area contributed by atoms with E-state index >= 15 is 0 Å². The maximum Gasteiger partial charge on any atom is 0.0127 e. The Labute approximate surface area is 81.4 Å². The Morgan fingerprint density at radius 2 is 1.54 bits per heavy atom. The van der Waals surface area contributed by atoms with Crippen molar-refractivity contribution in [3.63, 3.8) is 0 Å². The summed E-state index contributed by atoms with van der Waals surface area (Å²) in [5.41, 5.74) is 1.42. The summed E-state index contributed by atoms with van der Waals surface area (Å²) in [5, 5.41) is 0. The predicted octanol–water partition coefficient (Wildman–Crippen LogP) is 2.74. The van der Waals surface area contributed by atoms with Crippen molar-refractivity contribution >= 4 is 0 Å². The predicted molar refractivity (Wildman–Crippen MR) is 58.0 cm³/mol. The second-order valence-corrected chi connectivity index (χ2v) is 3.90. The standard InChI is InChI=1S/C12H19N/c1-10(11(2)13(3)4)12-8-6-5-7-9-12/h5-11H,1-4H3/t10-,11-/m0/s1. The van der Waals surface area contributed by atoms with Gasteiger partial charge in [-0.05, 0) is 32.5 Å². The molecule has 0 unspecified atom stereocenters. The minimum atomic E-state index is 0.586. The van der Waals surface area contributed by atoms with E-state index in [1.807, 2.05) is 0 Å². The van der Waals surface area contributed by atoms with E-state index < -0.39 is 0 Å². The zero-order chi connectivity index (χ0) is 9.84. The van der Waals surface area contributed by atoms with E-state index in [2.05, 4.69) is 63.2 Å². The Hall–Kier alpha value is -0.820. The lowest BCUT2D eigenvalue weighted by atomic mass is 9.94. The molecule has 72 valence electrons. The number of rotatable bonds is 3. The molecule has 0 fully saturated rings. The fraction of sp³-hybridized carbons (Fsp3) is 0.500. The molecule has 0 aliphatic heterocycles. The third-order valence-corrected chi connectivity index (χ3v) is 2.86. The number of nitrogens with zero attached hydrogens (tertiary/aromatic N) is 1. The lowest BCUT2D eigenvalue weighted by Crippen LogP contribution is -2.29. The molecule has 0 spiro atoms. The summed E-state index contributed by atoms with van der Waals surface area (Å²) in [6.45, 7) is 4.54. The van der Waals surface area contributed by atoms with Crippen LogP contribution in [0.3, 0.4) is 0 Å². The molecule has 0 radical (unpaired) electrons. The monoisotopic (exact) mass is 177 g/mol. The molecule has 1 nitrogen and oxygen atoms in total. The Balaban J connectivity index is 2.73. The van der Waals surface area contributed by atoms with Gasteiger partial charge in [-0.1, -0.05) is 37.3 Å². The molecule has 1 rings (SSSR count). The van der Waals surface area contributed by atoms with Crippen LogP contribution in [0, 0.1) is 0 Å². The highest BCUT2D eigenvalue weighted by Gasteiger charge is 2.15. The van der Waals surface area contributed by atoms with Gasteiger partial charge in [0.2, 0.25) is 0 Å². The minimum Gasteiger partial charge on any atom is -0.306 e. The maximum atomic E-state index is 2.28. The van der Waals surface area contributed by atoms with Crippen LogP contribution >= 0.6 is 0 Å². The van der Waals surface area contributed by atoms with Crippen molar-refractivity contribution in [2.75, 3.05) is 14.1 Å². The van der Waals surface area contributed by atoms with E-state index in [0.717, 1.165) is 0 Å². The first-order valence-electron chi connectivity index (χ1n) is 4.84. The van der Waals surface area contributed by atoms with Crippen LogP contribution in [0.4, 0.5) is 0 Å². The summed E-state index contributed by atoms with van der Waals surface area (Å²) in [6, 6.07) is 11.3. The molecule has 1 aromatic carbocycles. The second kappa shape index (κ2) is 4.43. The number of likely N-dealkylation sites (N-methyl/N-ethyl adjacent to an activating group) is 1. The molecule has 0 amide bonds. The zero-order valence-electron chi connectivity index (χ0n) is 8.99. The van der Waals surface area contributed by atoms with Gasteiger partial charge >= 0.3 is 0 Å².